The maximum Gasteiger partial charge on any atom is 0.342 e. The second kappa shape index (κ2) is 9.67. The molecule has 2 heterocycles. The van der Waals surface area contributed by atoms with Crippen LogP contribution in [0.5, 0.6) is 0 Å². The van der Waals surface area contributed by atoms with Crippen molar-refractivity contribution < 1.29 is 23.5 Å². The normalized spacial score (nSPS) is 21.7. The van der Waals surface area contributed by atoms with Crippen molar-refractivity contribution in [2.45, 2.75) is 59.0 Å². The number of esters is 1. The largest absolute Gasteiger partial charge is 0.456 e. The van der Waals surface area contributed by atoms with E-state index in [1.807, 2.05) is 48.5 Å². The molecule has 37 heavy (non-hydrogen) atoms. The minimum absolute atomic E-state index is 0.0373. The van der Waals surface area contributed by atoms with E-state index in [-0.39, 0.29) is 11.8 Å². The Balaban J connectivity index is 1.33. The smallest absolute Gasteiger partial charge is 0.342 e. The van der Waals surface area contributed by atoms with Gasteiger partial charge in [-0.3, -0.25) is 9.69 Å². The van der Waals surface area contributed by atoms with Gasteiger partial charge in [0.15, 0.2) is 6.23 Å². The molecular formula is C31H31NO5. The van der Waals surface area contributed by atoms with Gasteiger partial charge in [-0.05, 0) is 73.9 Å². The van der Waals surface area contributed by atoms with Crippen LogP contribution in [0.3, 0.4) is 0 Å². The Morgan fingerprint density at radius 2 is 1.62 bits per heavy atom. The molecule has 1 amide bonds. The Hall–Kier alpha value is -3.64. The number of fused-ring (bicyclic) bond motifs is 4. The lowest BCUT2D eigenvalue weighted by atomic mass is 9.82. The van der Waals surface area contributed by atoms with Crippen LogP contribution in [0.1, 0.15) is 61.0 Å². The lowest BCUT2D eigenvalue weighted by molar-refractivity contribution is -0.125. The van der Waals surface area contributed by atoms with Crippen molar-refractivity contribution in [1.82, 2.24) is 0 Å². The molecule has 190 valence electrons. The number of benzene rings is 3. The fourth-order valence-corrected chi connectivity index (χ4v) is 5.64. The summed E-state index contributed by atoms with van der Waals surface area (Å²) in [5.74, 6) is 0.209. The van der Waals surface area contributed by atoms with Crippen LogP contribution in [0.2, 0.25) is 0 Å². The van der Waals surface area contributed by atoms with Crippen molar-refractivity contribution in [2.75, 3.05) is 4.90 Å². The van der Waals surface area contributed by atoms with Crippen molar-refractivity contribution in [3.63, 3.8) is 0 Å². The molecule has 1 aliphatic carbocycles. The van der Waals surface area contributed by atoms with Gasteiger partial charge in [0.2, 0.25) is 5.91 Å². The number of anilines is 1. The standard InChI is InChI=1S/C31H31NO5/c1-19-8-11-23(12-9-19)30(33)32-20(2)36-31(34)26-16-29-25(15-27(26)32)24-14-22(10-13-28(24)37-29)18-35-17-21-6-4-3-5-7-21/h3-7,10,13-16,19-20,23H,8-9,11-12,17-18H2,1-2H3. The number of hydrogen-bond donors (Lipinski definition) is 0. The molecule has 6 nitrogen and oxygen atoms in total. The SMILES string of the molecule is CC1CCC(C(=O)N2c3cc4c(cc3C(=O)OC2C)oc2ccc(COCc3ccccc3)cc24)CC1. The highest BCUT2D eigenvalue weighted by atomic mass is 16.6. The van der Waals surface area contributed by atoms with E-state index in [1.54, 1.807) is 17.9 Å². The van der Waals surface area contributed by atoms with Crippen LogP contribution in [0.15, 0.2) is 65.1 Å². The molecule has 1 atom stereocenters. The Morgan fingerprint density at radius 3 is 2.41 bits per heavy atom. The van der Waals surface area contributed by atoms with Crippen LogP contribution in [0.25, 0.3) is 21.9 Å². The first-order valence-electron chi connectivity index (χ1n) is 13.1. The number of ether oxygens (including phenoxy) is 2. The fourth-order valence-electron chi connectivity index (χ4n) is 5.64. The van der Waals surface area contributed by atoms with Crippen LogP contribution in [-0.4, -0.2) is 18.1 Å². The van der Waals surface area contributed by atoms with Crippen LogP contribution < -0.4 is 4.90 Å². The van der Waals surface area contributed by atoms with Gasteiger partial charge in [-0.25, -0.2) is 4.79 Å². The van der Waals surface area contributed by atoms with Crippen molar-refractivity contribution in [2.24, 2.45) is 11.8 Å². The molecule has 0 N–H and O–H groups in total. The molecule has 1 unspecified atom stereocenters. The number of rotatable bonds is 5. The van der Waals surface area contributed by atoms with Crippen LogP contribution in [0, 0.1) is 11.8 Å². The molecule has 1 fully saturated rings. The molecule has 1 aliphatic heterocycles. The van der Waals surface area contributed by atoms with Gasteiger partial charge in [-0.15, -0.1) is 0 Å². The summed E-state index contributed by atoms with van der Waals surface area (Å²) >= 11 is 0. The number of amides is 1. The molecule has 0 bridgehead atoms. The highest BCUT2D eigenvalue weighted by molar-refractivity contribution is 6.13. The molecule has 0 saturated heterocycles. The van der Waals surface area contributed by atoms with Gasteiger partial charge in [0, 0.05) is 16.7 Å². The van der Waals surface area contributed by atoms with Crippen molar-refractivity contribution in [3.05, 3.63) is 77.4 Å². The highest BCUT2D eigenvalue weighted by Gasteiger charge is 2.38. The van der Waals surface area contributed by atoms with E-state index in [1.165, 1.54) is 0 Å². The fraction of sp³-hybridized carbons (Fsp3) is 0.355. The van der Waals surface area contributed by atoms with Crippen molar-refractivity contribution >= 4 is 39.5 Å². The highest BCUT2D eigenvalue weighted by Crippen LogP contribution is 2.40. The molecular weight excluding hydrogens is 466 g/mol. The topological polar surface area (TPSA) is 69.0 Å². The summed E-state index contributed by atoms with van der Waals surface area (Å²) in [6, 6.07) is 19.7. The van der Waals surface area contributed by atoms with Crippen LogP contribution >= 0.6 is 0 Å². The first-order valence-corrected chi connectivity index (χ1v) is 13.1. The minimum Gasteiger partial charge on any atom is -0.456 e. The molecule has 6 heteroatoms. The number of cyclic esters (lactones) is 1. The van der Waals surface area contributed by atoms with E-state index in [0.717, 1.165) is 53.2 Å². The van der Waals surface area contributed by atoms with Gasteiger partial charge in [0.25, 0.3) is 0 Å². The molecule has 3 aromatic carbocycles. The Labute approximate surface area is 216 Å². The summed E-state index contributed by atoms with van der Waals surface area (Å²) < 4.78 is 17.6. The zero-order valence-electron chi connectivity index (χ0n) is 21.2. The predicted octanol–water partition coefficient (Wildman–Crippen LogP) is 6.98. The Morgan fingerprint density at radius 1 is 0.892 bits per heavy atom. The quantitative estimate of drug-likeness (QED) is 0.278. The monoisotopic (exact) mass is 497 g/mol. The van der Waals surface area contributed by atoms with Crippen molar-refractivity contribution in [3.8, 4) is 0 Å². The van der Waals surface area contributed by atoms with E-state index >= 15 is 0 Å². The van der Waals surface area contributed by atoms with Crippen molar-refractivity contribution in [1.29, 1.82) is 0 Å². The van der Waals surface area contributed by atoms with E-state index < -0.39 is 12.2 Å². The van der Waals surface area contributed by atoms with Gasteiger partial charge >= 0.3 is 5.97 Å². The van der Waals surface area contributed by atoms with Gasteiger partial charge in [0.05, 0.1) is 24.5 Å². The summed E-state index contributed by atoms with van der Waals surface area (Å²) in [7, 11) is 0. The van der Waals surface area contributed by atoms with Gasteiger partial charge in [-0.1, -0.05) is 43.3 Å². The average molecular weight is 498 g/mol. The lowest BCUT2D eigenvalue weighted by Gasteiger charge is -2.37. The minimum atomic E-state index is -0.649. The molecule has 1 saturated carbocycles. The average Bonchev–Trinajstić information content (AvgIpc) is 3.26. The van der Waals surface area contributed by atoms with E-state index in [2.05, 4.69) is 13.0 Å². The number of hydrogen-bond acceptors (Lipinski definition) is 5. The lowest BCUT2D eigenvalue weighted by Crippen LogP contribution is -2.48. The van der Waals surface area contributed by atoms with E-state index in [9.17, 15) is 9.59 Å². The molecule has 0 spiro atoms. The third-order valence-electron chi connectivity index (χ3n) is 7.76. The molecule has 2 aliphatic rings. The molecule has 0 radical (unpaired) electrons. The second-order valence-electron chi connectivity index (χ2n) is 10.4. The van der Waals surface area contributed by atoms with E-state index in [0.29, 0.717) is 36.0 Å². The summed E-state index contributed by atoms with van der Waals surface area (Å²) in [6.07, 6.45) is 3.19. The number of carbonyl (C=O) groups excluding carboxylic acids is 2. The third kappa shape index (κ3) is 4.51. The van der Waals surface area contributed by atoms with Gasteiger partial charge < -0.3 is 13.9 Å². The summed E-state index contributed by atoms with van der Waals surface area (Å²) in [5.41, 5.74) is 4.45. The van der Waals surface area contributed by atoms with Gasteiger partial charge in [-0.2, -0.15) is 0 Å². The number of carbonyl (C=O) groups is 2. The first-order chi connectivity index (χ1) is 18.0. The Kier molecular flexibility index (Phi) is 6.21. The second-order valence-corrected chi connectivity index (χ2v) is 10.4. The maximum atomic E-state index is 13.7. The first kappa shape index (κ1) is 23.7. The zero-order valence-corrected chi connectivity index (χ0v) is 21.2. The Bertz CT molecular complexity index is 1470. The molecule has 1 aromatic heterocycles. The summed E-state index contributed by atoms with van der Waals surface area (Å²) in [6.45, 7) is 5.01. The number of furan rings is 1. The predicted molar refractivity (Wildman–Crippen MR) is 142 cm³/mol. The van der Waals surface area contributed by atoms with Crippen LogP contribution in [-0.2, 0) is 27.5 Å². The maximum absolute atomic E-state index is 13.7. The molecule has 4 aromatic rings. The number of nitrogens with zero attached hydrogens (tertiary/aromatic N) is 1. The summed E-state index contributed by atoms with van der Waals surface area (Å²) in [5, 5.41) is 1.81. The van der Waals surface area contributed by atoms with Gasteiger partial charge in [0.1, 0.15) is 11.2 Å². The third-order valence-corrected chi connectivity index (χ3v) is 7.76. The van der Waals surface area contributed by atoms with E-state index in [4.69, 9.17) is 13.9 Å². The zero-order chi connectivity index (χ0) is 25.5. The molecule has 6 rings (SSSR count). The summed E-state index contributed by atoms with van der Waals surface area (Å²) in [4.78, 5) is 28.2. The van der Waals surface area contributed by atoms with Crippen LogP contribution in [0.4, 0.5) is 5.69 Å².